The summed E-state index contributed by atoms with van der Waals surface area (Å²) in [6, 6.07) is 4.34. The molecule has 0 aliphatic rings. The number of hydrogen-bond donors (Lipinski definition) is 1. The second kappa shape index (κ2) is 6.06. The molecule has 0 aliphatic heterocycles. The van der Waals surface area contributed by atoms with Crippen LogP contribution in [0.25, 0.3) is 0 Å². The molecule has 0 aromatic carbocycles. The van der Waals surface area contributed by atoms with E-state index < -0.39 is 0 Å². The van der Waals surface area contributed by atoms with Gasteiger partial charge in [-0.3, -0.25) is 4.68 Å². The van der Waals surface area contributed by atoms with Gasteiger partial charge < -0.3 is 5.73 Å². The molecule has 2 aromatic rings. The maximum atomic E-state index is 5.94. The molecule has 0 aliphatic carbocycles. The Balaban J connectivity index is 2.18. The second-order valence-corrected chi connectivity index (χ2v) is 5.07. The molecule has 2 aromatic heterocycles. The van der Waals surface area contributed by atoms with Gasteiger partial charge in [-0.15, -0.1) is 0 Å². The minimum Gasteiger partial charge on any atom is -0.383 e. The van der Waals surface area contributed by atoms with E-state index in [4.69, 9.17) is 17.3 Å². The Morgan fingerprint density at radius 2 is 2.11 bits per heavy atom. The Hall–Kier alpha value is -1.55. The third-order valence-electron chi connectivity index (χ3n) is 3.32. The monoisotopic (exact) mass is 278 g/mol. The molecule has 0 bridgehead atoms. The molecule has 2 N–H and O–H groups in total. The van der Waals surface area contributed by atoms with Gasteiger partial charge in [0.15, 0.2) is 0 Å². The number of nitrogens with two attached hydrogens (primary N) is 1. The summed E-state index contributed by atoms with van der Waals surface area (Å²) in [7, 11) is 0. The van der Waals surface area contributed by atoms with Crippen molar-refractivity contribution in [2.24, 2.45) is 0 Å². The summed E-state index contributed by atoms with van der Waals surface area (Å²) in [5.74, 6) is 0.515. The Morgan fingerprint density at radius 3 is 2.79 bits per heavy atom. The van der Waals surface area contributed by atoms with Crippen LogP contribution in [0.5, 0.6) is 0 Å². The van der Waals surface area contributed by atoms with Gasteiger partial charge >= 0.3 is 0 Å². The Bertz CT molecular complexity index is 546. The summed E-state index contributed by atoms with van der Waals surface area (Å²) in [6.07, 6.45) is 6.41. The molecule has 5 heteroatoms. The van der Waals surface area contributed by atoms with Crippen molar-refractivity contribution in [1.29, 1.82) is 0 Å². The number of pyridine rings is 1. The van der Waals surface area contributed by atoms with E-state index in [0.717, 1.165) is 24.1 Å². The smallest absolute Gasteiger partial charge is 0.127 e. The highest BCUT2D eigenvalue weighted by molar-refractivity contribution is 6.30. The lowest BCUT2D eigenvalue weighted by molar-refractivity contribution is 0.426. The normalized spacial score (nSPS) is 11.2. The topological polar surface area (TPSA) is 56.7 Å². The zero-order chi connectivity index (χ0) is 13.8. The third kappa shape index (κ3) is 3.26. The number of rotatable bonds is 5. The summed E-state index contributed by atoms with van der Waals surface area (Å²) in [6.45, 7) is 4.35. The molecule has 0 radical (unpaired) electrons. The summed E-state index contributed by atoms with van der Waals surface area (Å²) < 4.78 is 2.03. The van der Waals surface area contributed by atoms with Gasteiger partial charge in [-0.1, -0.05) is 25.4 Å². The average Bonchev–Trinajstić information content (AvgIpc) is 2.84. The Kier molecular flexibility index (Phi) is 4.43. The lowest BCUT2D eigenvalue weighted by Gasteiger charge is -2.12. The van der Waals surface area contributed by atoms with Crippen LogP contribution in [0.2, 0.25) is 5.02 Å². The standard InChI is InChI=1S/C14H19ClN4/c1-3-13(4-2)19-6-5-12(18-19)8-10-7-11(15)9-17-14(10)16/h5-7,9,13H,3-4,8H2,1-2H3,(H2,16,17). The van der Waals surface area contributed by atoms with Crippen molar-refractivity contribution in [2.75, 3.05) is 5.73 Å². The molecule has 0 saturated heterocycles. The molecule has 0 unspecified atom stereocenters. The van der Waals surface area contributed by atoms with Crippen LogP contribution in [-0.2, 0) is 6.42 Å². The molecule has 0 spiro atoms. The van der Waals surface area contributed by atoms with Gasteiger partial charge in [-0.2, -0.15) is 5.10 Å². The highest BCUT2D eigenvalue weighted by Crippen LogP contribution is 2.19. The van der Waals surface area contributed by atoms with Crippen molar-refractivity contribution >= 4 is 17.4 Å². The first-order valence-electron chi connectivity index (χ1n) is 6.58. The predicted octanol–water partition coefficient (Wildman–Crippen LogP) is 3.47. The minimum absolute atomic E-state index is 0.462. The van der Waals surface area contributed by atoms with Crippen LogP contribution in [0.4, 0.5) is 5.82 Å². The first-order valence-corrected chi connectivity index (χ1v) is 6.95. The molecule has 102 valence electrons. The molecular formula is C14H19ClN4. The summed E-state index contributed by atoms with van der Waals surface area (Å²) in [4.78, 5) is 4.06. The van der Waals surface area contributed by atoms with E-state index in [0.29, 0.717) is 23.3 Å². The highest BCUT2D eigenvalue weighted by Gasteiger charge is 2.10. The number of halogens is 1. The Labute approximate surface area is 118 Å². The first kappa shape index (κ1) is 13.9. The fraction of sp³-hybridized carbons (Fsp3) is 0.429. The van der Waals surface area contributed by atoms with Gasteiger partial charge in [0.2, 0.25) is 0 Å². The number of anilines is 1. The number of aromatic nitrogens is 3. The fourth-order valence-electron chi connectivity index (χ4n) is 2.17. The Morgan fingerprint density at radius 1 is 1.37 bits per heavy atom. The van der Waals surface area contributed by atoms with Gasteiger partial charge in [0.05, 0.1) is 16.8 Å². The van der Waals surface area contributed by atoms with E-state index in [1.54, 1.807) is 6.20 Å². The molecule has 0 fully saturated rings. The highest BCUT2D eigenvalue weighted by atomic mass is 35.5. The van der Waals surface area contributed by atoms with E-state index in [9.17, 15) is 0 Å². The number of hydrogen-bond acceptors (Lipinski definition) is 3. The van der Waals surface area contributed by atoms with Gasteiger partial charge in [0.25, 0.3) is 0 Å². The maximum absolute atomic E-state index is 5.94. The van der Waals surface area contributed by atoms with Gasteiger partial charge in [-0.05, 0) is 25.0 Å². The van der Waals surface area contributed by atoms with Crippen LogP contribution in [0.1, 0.15) is 44.0 Å². The molecule has 0 atom stereocenters. The lowest BCUT2D eigenvalue weighted by atomic mass is 10.1. The van der Waals surface area contributed by atoms with Crippen LogP contribution in [0.15, 0.2) is 24.5 Å². The fourth-order valence-corrected chi connectivity index (χ4v) is 2.35. The van der Waals surface area contributed by atoms with Crippen molar-refractivity contribution in [3.05, 3.63) is 40.8 Å². The van der Waals surface area contributed by atoms with Gasteiger partial charge in [0, 0.05) is 24.4 Å². The van der Waals surface area contributed by atoms with E-state index >= 15 is 0 Å². The summed E-state index contributed by atoms with van der Waals surface area (Å²) in [5, 5.41) is 5.21. The maximum Gasteiger partial charge on any atom is 0.127 e. The summed E-state index contributed by atoms with van der Waals surface area (Å²) in [5.41, 5.74) is 7.76. The first-order chi connectivity index (χ1) is 9.13. The van der Waals surface area contributed by atoms with Gasteiger partial charge in [0.1, 0.15) is 5.82 Å². The zero-order valence-corrected chi connectivity index (χ0v) is 12.1. The second-order valence-electron chi connectivity index (χ2n) is 4.63. The van der Waals surface area contributed by atoms with Crippen molar-refractivity contribution in [1.82, 2.24) is 14.8 Å². The zero-order valence-electron chi connectivity index (χ0n) is 11.3. The molecule has 2 heterocycles. The molecule has 0 amide bonds. The van der Waals surface area contributed by atoms with Gasteiger partial charge in [-0.25, -0.2) is 4.98 Å². The summed E-state index contributed by atoms with van der Waals surface area (Å²) >= 11 is 5.94. The van der Waals surface area contributed by atoms with Crippen molar-refractivity contribution in [2.45, 2.75) is 39.2 Å². The molecule has 19 heavy (non-hydrogen) atoms. The molecule has 2 rings (SSSR count). The van der Waals surface area contributed by atoms with Crippen LogP contribution >= 0.6 is 11.6 Å². The molecule has 0 saturated carbocycles. The quantitative estimate of drug-likeness (QED) is 0.911. The van der Waals surface area contributed by atoms with E-state index in [-0.39, 0.29) is 0 Å². The van der Waals surface area contributed by atoms with E-state index in [1.807, 2.05) is 23.0 Å². The van der Waals surface area contributed by atoms with Crippen LogP contribution in [0, 0.1) is 0 Å². The molecule has 4 nitrogen and oxygen atoms in total. The SMILES string of the molecule is CCC(CC)n1ccc(Cc2cc(Cl)cnc2N)n1. The van der Waals surface area contributed by atoms with Crippen LogP contribution in [0.3, 0.4) is 0 Å². The van der Waals surface area contributed by atoms with Crippen LogP contribution in [-0.4, -0.2) is 14.8 Å². The van der Waals surface area contributed by atoms with Crippen molar-refractivity contribution in [3.8, 4) is 0 Å². The van der Waals surface area contributed by atoms with E-state index in [1.165, 1.54) is 0 Å². The molecular weight excluding hydrogens is 260 g/mol. The third-order valence-corrected chi connectivity index (χ3v) is 3.53. The lowest BCUT2D eigenvalue weighted by Crippen LogP contribution is -2.08. The largest absolute Gasteiger partial charge is 0.383 e. The predicted molar refractivity (Wildman–Crippen MR) is 78.3 cm³/mol. The van der Waals surface area contributed by atoms with Crippen molar-refractivity contribution < 1.29 is 0 Å². The van der Waals surface area contributed by atoms with E-state index in [2.05, 4.69) is 23.9 Å². The average molecular weight is 279 g/mol. The van der Waals surface area contributed by atoms with Crippen LogP contribution < -0.4 is 5.73 Å². The van der Waals surface area contributed by atoms with Crippen molar-refractivity contribution in [3.63, 3.8) is 0 Å². The number of nitrogen functional groups attached to an aromatic ring is 1. The minimum atomic E-state index is 0.462. The number of nitrogens with zero attached hydrogens (tertiary/aromatic N) is 3.